The second kappa shape index (κ2) is 35.7. The van der Waals surface area contributed by atoms with Gasteiger partial charge in [-0.1, -0.05) is 24.3 Å². The molecule has 2 aliphatic rings. The number of hydrogen-bond donors (Lipinski definition) is 8. The van der Waals surface area contributed by atoms with E-state index in [1.807, 2.05) is 39.8 Å². The van der Waals surface area contributed by atoms with Gasteiger partial charge in [0.15, 0.2) is 11.6 Å². The summed E-state index contributed by atoms with van der Waals surface area (Å²) in [5.41, 5.74) is 1.43. The number of aliphatic hydroxyl groups excluding tert-OH is 2. The standard InChI is InChI=1S/2C10H13NO.2C2H6O.2H2NO3.2Ni/c2*1-8(2)11-7-9-5-3-4-6-10(9)12;2*1-2-3;2*2-1(3)4;;/h2*3-8,11H,1-2H3;2*3H,2H2,1H3;2*(H2,2,3,4);;/q;;;;2*+1;;. The zero-order valence-electron chi connectivity index (χ0n) is 23.2. The normalized spacial score (nSPS) is 13.7. The van der Waals surface area contributed by atoms with Crippen molar-refractivity contribution in [2.45, 2.75) is 53.6 Å². The van der Waals surface area contributed by atoms with Gasteiger partial charge >= 0.3 is 10.2 Å². The molecule has 0 radical (unpaired) electrons. The predicted molar refractivity (Wildman–Crippen MR) is 139 cm³/mol. The average molecular weight is 664 g/mol. The number of hydrogen-bond acceptors (Lipinski definition) is 8. The summed E-state index contributed by atoms with van der Waals surface area (Å²) < 4.78 is 0. The summed E-state index contributed by atoms with van der Waals surface area (Å²) in [4.78, 5) is 39.3. The summed E-state index contributed by atoms with van der Waals surface area (Å²) in [5.74, 6) is 0.122. The molecular formula is C24H42N4Ni2O10+2. The van der Waals surface area contributed by atoms with E-state index in [4.69, 9.17) is 40.9 Å². The maximum absolute atomic E-state index is 11.2. The fraction of sp³-hybridized carbons (Fsp3) is 0.417. The number of carbonyl (C=O) groups is 2. The van der Waals surface area contributed by atoms with E-state index in [0.29, 0.717) is 23.2 Å². The summed E-state index contributed by atoms with van der Waals surface area (Å²) in [6, 6.07) is 0.731. The molecule has 0 bridgehead atoms. The van der Waals surface area contributed by atoms with E-state index >= 15 is 0 Å². The van der Waals surface area contributed by atoms with Crippen molar-refractivity contribution in [3.8, 4) is 0 Å². The molecule has 0 aliphatic heterocycles. The molecule has 14 nitrogen and oxygen atoms in total. The average Bonchev–Trinajstić information content (AvgIpc) is 2.79. The van der Waals surface area contributed by atoms with Crippen LogP contribution >= 0.6 is 0 Å². The maximum Gasteiger partial charge on any atom is 0.472 e. The molecule has 236 valence electrons. The zero-order chi connectivity index (χ0) is 30.5. The molecule has 40 heavy (non-hydrogen) atoms. The Morgan fingerprint density at radius 1 is 0.650 bits per heavy atom. The molecule has 0 aromatic rings. The first-order chi connectivity index (χ1) is 17.7. The van der Waals surface area contributed by atoms with Crippen LogP contribution < -0.4 is 10.6 Å². The van der Waals surface area contributed by atoms with Crippen LogP contribution in [-0.2, 0) is 42.6 Å². The summed E-state index contributed by atoms with van der Waals surface area (Å²) in [5, 5.41) is 46.3. The molecule has 0 saturated heterocycles. The van der Waals surface area contributed by atoms with Gasteiger partial charge in [-0.25, -0.2) is 20.8 Å². The molecule has 16 heteroatoms. The third-order valence-electron chi connectivity index (χ3n) is 2.98. The van der Waals surface area contributed by atoms with Crippen molar-refractivity contribution in [3.05, 3.63) is 82.0 Å². The van der Waals surface area contributed by atoms with Crippen LogP contribution in [0.3, 0.4) is 0 Å². The molecule has 0 aromatic carbocycles. The Kier molecular flexibility index (Phi) is 44.3. The van der Waals surface area contributed by atoms with Crippen molar-refractivity contribution in [1.82, 2.24) is 10.6 Å². The summed E-state index contributed by atoms with van der Waals surface area (Å²) in [7, 11) is 0. The summed E-state index contributed by atoms with van der Waals surface area (Å²) in [6.45, 7) is 12.0. The number of aliphatic hydroxyl groups is 2. The third kappa shape index (κ3) is 47.8. The van der Waals surface area contributed by atoms with Crippen LogP contribution in [-0.4, -0.2) is 78.1 Å². The molecule has 0 atom stereocenters. The van der Waals surface area contributed by atoms with Gasteiger partial charge < -0.3 is 20.8 Å². The molecule has 0 aromatic heterocycles. The van der Waals surface area contributed by atoms with Gasteiger partial charge in [-0.15, -0.1) is 0 Å². The summed E-state index contributed by atoms with van der Waals surface area (Å²) >= 11 is 0. The molecular weight excluding hydrogens is 622 g/mol. The largest absolute Gasteiger partial charge is 0.472 e. The second-order valence-corrected chi connectivity index (χ2v) is 7.15. The molecule has 0 heterocycles. The van der Waals surface area contributed by atoms with Gasteiger partial charge in [-0.3, -0.25) is 9.59 Å². The minimum atomic E-state index is -1.25. The Morgan fingerprint density at radius 3 is 1.02 bits per heavy atom. The topological polar surface area (TPSA) is 220 Å². The second-order valence-electron chi connectivity index (χ2n) is 7.15. The fourth-order valence-electron chi connectivity index (χ4n) is 1.71. The van der Waals surface area contributed by atoms with Crippen molar-refractivity contribution < 1.29 is 83.8 Å². The van der Waals surface area contributed by atoms with E-state index in [0.717, 1.165) is 0 Å². The minimum Gasteiger partial charge on any atom is -0.397 e. The van der Waals surface area contributed by atoms with E-state index < -0.39 is 10.2 Å². The van der Waals surface area contributed by atoms with Crippen LogP contribution in [0.2, 0.25) is 0 Å². The van der Waals surface area contributed by atoms with Gasteiger partial charge in [-0.2, -0.15) is 0 Å². The Hall–Kier alpha value is -3.31. The van der Waals surface area contributed by atoms with Gasteiger partial charge in [0.1, 0.15) is 9.81 Å². The number of ketones is 2. The first-order valence-electron chi connectivity index (χ1n) is 11.3. The van der Waals surface area contributed by atoms with Crippen LogP contribution in [0.25, 0.3) is 0 Å². The SMILES string of the molecule is CC(C)NC=C1C=CC=CC1=O.CC(C)NC=C1C=CC=CC1=O.CCO.CCO.O=[N+](O)O.O=[N+](O)O.[Ni].[Ni]. The van der Waals surface area contributed by atoms with Crippen LogP contribution in [0.4, 0.5) is 0 Å². The van der Waals surface area contributed by atoms with Gasteiger partial charge in [0.2, 0.25) is 0 Å². The van der Waals surface area contributed by atoms with E-state index in [9.17, 15) is 9.59 Å². The molecule has 8 N–H and O–H groups in total. The van der Waals surface area contributed by atoms with E-state index in [1.54, 1.807) is 62.7 Å². The van der Waals surface area contributed by atoms with Crippen LogP contribution in [0, 0.1) is 9.81 Å². The van der Waals surface area contributed by atoms with Gasteiger partial charge in [-0.05, 0) is 65.8 Å². The Morgan fingerprint density at radius 2 is 0.850 bits per heavy atom. The molecule has 0 spiro atoms. The van der Waals surface area contributed by atoms with Gasteiger partial charge in [0, 0.05) is 81.8 Å². The molecule has 0 amide bonds. The Balaban J connectivity index is -0.0000000962. The van der Waals surface area contributed by atoms with E-state index in [1.165, 1.54) is 0 Å². The smallest absolute Gasteiger partial charge is 0.397 e. The van der Waals surface area contributed by atoms with Crippen molar-refractivity contribution in [2.24, 2.45) is 0 Å². The van der Waals surface area contributed by atoms with Crippen molar-refractivity contribution in [2.75, 3.05) is 13.2 Å². The number of allylic oxidation sites excluding steroid dienone is 10. The number of nitrogens with zero attached hydrogens (tertiary/aromatic N) is 2. The van der Waals surface area contributed by atoms with E-state index in [2.05, 4.69) is 10.6 Å². The van der Waals surface area contributed by atoms with Crippen molar-refractivity contribution >= 4 is 11.6 Å². The number of rotatable bonds is 4. The first kappa shape index (κ1) is 49.6. The van der Waals surface area contributed by atoms with Crippen molar-refractivity contribution in [1.29, 1.82) is 0 Å². The Labute approximate surface area is 254 Å². The maximum atomic E-state index is 11.2. The first-order valence-corrected chi connectivity index (χ1v) is 11.3. The molecule has 0 unspecified atom stereocenters. The third-order valence-corrected chi connectivity index (χ3v) is 2.98. The molecule has 0 saturated carbocycles. The van der Waals surface area contributed by atoms with E-state index in [-0.39, 0.29) is 57.8 Å². The van der Waals surface area contributed by atoms with Crippen LogP contribution in [0.15, 0.2) is 72.2 Å². The zero-order valence-corrected chi connectivity index (χ0v) is 25.2. The Bertz CT molecular complexity index is 792. The predicted octanol–water partition coefficient (Wildman–Crippen LogP) is 2.21. The molecule has 2 aliphatic carbocycles. The quantitative estimate of drug-likeness (QED) is 0.123. The van der Waals surface area contributed by atoms with Crippen LogP contribution in [0.1, 0.15) is 41.5 Å². The fourth-order valence-corrected chi connectivity index (χ4v) is 1.71. The molecule has 0 fully saturated rings. The monoisotopic (exact) mass is 662 g/mol. The number of nitrogens with one attached hydrogen (secondary N) is 2. The van der Waals surface area contributed by atoms with Crippen LogP contribution in [0.5, 0.6) is 0 Å². The minimum absolute atomic E-state index is 0. The number of carbonyl (C=O) groups excluding carboxylic acids is 2. The summed E-state index contributed by atoms with van der Waals surface area (Å²) in [6.07, 6.45) is 17.5. The van der Waals surface area contributed by atoms with Crippen molar-refractivity contribution in [3.63, 3.8) is 0 Å². The van der Waals surface area contributed by atoms with Gasteiger partial charge in [0.25, 0.3) is 0 Å². The van der Waals surface area contributed by atoms with Gasteiger partial charge in [0.05, 0.1) is 0 Å². The molecule has 2 rings (SSSR count).